The Morgan fingerprint density at radius 2 is 2.11 bits per heavy atom. The molecule has 1 unspecified atom stereocenters. The highest BCUT2D eigenvalue weighted by atomic mass is 35.5. The molecule has 2 heterocycles. The Morgan fingerprint density at radius 3 is 2.84 bits per heavy atom. The summed E-state index contributed by atoms with van der Waals surface area (Å²) in [4.78, 5) is 11.5. The number of halogens is 1. The largest absolute Gasteiger partial charge is 0.353 e. The molecule has 0 spiro atoms. The van der Waals surface area contributed by atoms with Gasteiger partial charge in [-0.1, -0.05) is 38.3 Å². The van der Waals surface area contributed by atoms with Crippen molar-refractivity contribution in [1.29, 1.82) is 0 Å². The number of hydrogen-bond donors (Lipinski definition) is 0. The van der Waals surface area contributed by atoms with Gasteiger partial charge in [-0.3, -0.25) is 0 Å². The fraction of sp³-hybridized carbons (Fsp3) is 0.733. The van der Waals surface area contributed by atoms with Crippen LogP contribution in [0.25, 0.3) is 0 Å². The smallest absolute Gasteiger partial charge is 0.134 e. The van der Waals surface area contributed by atoms with Crippen molar-refractivity contribution in [3.8, 4) is 0 Å². The molecule has 106 valence electrons. The molecular formula is C15H24ClN3. The molecule has 1 aliphatic heterocycles. The van der Waals surface area contributed by atoms with Crippen LogP contribution in [0.3, 0.4) is 0 Å². The molecule has 19 heavy (non-hydrogen) atoms. The minimum atomic E-state index is 0.576. The minimum absolute atomic E-state index is 0.576. The zero-order valence-electron chi connectivity index (χ0n) is 12.0. The van der Waals surface area contributed by atoms with Crippen molar-refractivity contribution in [2.45, 2.75) is 64.8 Å². The summed E-state index contributed by atoms with van der Waals surface area (Å²) in [5.74, 6) is 1.90. The molecule has 0 radical (unpaired) electrons. The number of anilines is 1. The first kappa shape index (κ1) is 14.6. The van der Waals surface area contributed by atoms with Crippen molar-refractivity contribution < 1.29 is 0 Å². The summed E-state index contributed by atoms with van der Waals surface area (Å²) in [5.41, 5.74) is 0. The van der Waals surface area contributed by atoms with Crippen LogP contribution in [0.1, 0.15) is 58.2 Å². The van der Waals surface area contributed by atoms with Gasteiger partial charge in [0.25, 0.3) is 0 Å². The highest BCUT2D eigenvalue weighted by Gasteiger charge is 2.21. The van der Waals surface area contributed by atoms with E-state index < -0.39 is 0 Å². The lowest BCUT2D eigenvalue weighted by atomic mass is 10.1. The molecule has 1 aromatic rings. The summed E-state index contributed by atoms with van der Waals surface area (Å²) in [6.45, 7) is 5.50. The van der Waals surface area contributed by atoms with Crippen LogP contribution >= 0.6 is 11.6 Å². The van der Waals surface area contributed by atoms with E-state index in [1.54, 1.807) is 0 Å². The summed E-state index contributed by atoms with van der Waals surface area (Å²) < 4.78 is 0. The minimum Gasteiger partial charge on any atom is -0.353 e. The fourth-order valence-corrected chi connectivity index (χ4v) is 3.03. The first-order chi connectivity index (χ1) is 9.24. The molecular weight excluding hydrogens is 258 g/mol. The number of rotatable bonds is 4. The third-order valence-corrected chi connectivity index (χ3v) is 4.04. The summed E-state index contributed by atoms with van der Waals surface area (Å²) in [6, 6.07) is 2.53. The molecule has 0 bridgehead atoms. The quantitative estimate of drug-likeness (QED) is 0.773. The van der Waals surface area contributed by atoms with Gasteiger partial charge < -0.3 is 4.90 Å². The van der Waals surface area contributed by atoms with E-state index in [0.717, 1.165) is 31.0 Å². The van der Waals surface area contributed by atoms with E-state index in [9.17, 15) is 0 Å². The van der Waals surface area contributed by atoms with Crippen molar-refractivity contribution in [2.75, 3.05) is 11.4 Å². The maximum atomic E-state index is 6.16. The molecule has 1 fully saturated rings. The van der Waals surface area contributed by atoms with Crippen LogP contribution in [-0.4, -0.2) is 22.6 Å². The second kappa shape index (κ2) is 7.09. The van der Waals surface area contributed by atoms with E-state index in [4.69, 9.17) is 16.6 Å². The molecule has 1 aromatic heterocycles. The van der Waals surface area contributed by atoms with Crippen LogP contribution in [0.15, 0.2) is 6.07 Å². The average molecular weight is 282 g/mol. The van der Waals surface area contributed by atoms with Crippen LogP contribution < -0.4 is 4.90 Å². The van der Waals surface area contributed by atoms with Crippen LogP contribution in [0.5, 0.6) is 0 Å². The van der Waals surface area contributed by atoms with Crippen molar-refractivity contribution in [2.24, 2.45) is 0 Å². The van der Waals surface area contributed by atoms with Gasteiger partial charge in [-0.25, -0.2) is 9.97 Å². The number of nitrogens with zero attached hydrogens (tertiary/aromatic N) is 3. The molecule has 0 aliphatic carbocycles. The maximum Gasteiger partial charge on any atom is 0.134 e. The SMILES string of the molecule is CCCc1nc(Cl)cc(N2CCCCCC2CC)n1. The predicted molar refractivity (Wildman–Crippen MR) is 80.9 cm³/mol. The summed E-state index contributed by atoms with van der Waals surface area (Å²) in [5, 5.41) is 0.576. The van der Waals surface area contributed by atoms with E-state index in [1.165, 1.54) is 32.1 Å². The van der Waals surface area contributed by atoms with Gasteiger partial charge in [0.2, 0.25) is 0 Å². The lowest BCUT2D eigenvalue weighted by Gasteiger charge is -2.30. The third-order valence-electron chi connectivity index (χ3n) is 3.84. The number of hydrogen-bond acceptors (Lipinski definition) is 3. The van der Waals surface area contributed by atoms with E-state index in [1.807, 2.05) is 6.07 Å². The molecule has 0 amide bonds. The van der Waals surface area contributed by atoms with Gasteiger partial charge in [0.15, 0.2) is 0 Å². The number of aryl methyl sites for hydroxylation is 1. The Labute approximate surface area is 121 Å². The summed E-state index contributed by atoms with van der Waals surface area (Å²) in [6.07, 6.45) is 8.30. The highest BCUT2D eigenvalue weighted by molar-refractivity contribution is 6.29. The predicted octanol–water partition coefficient (Wildman–Crippen LogP) is 4.24. The van der Waals surface area contributed by atoms with Crippen LogP contribution in [0.2, 0.25) is 5.15 Å². The topological polar surface area (TPSA) is 29.0 Å². The third kappa shape index (κ3) is 3.82. The van der Waals surface area contributed by atoms with Gasteiger partial charge in [0.1, 0.15) is 16.8 Å². The Morgan fingerprint density at radius 1 is 1.26 bits per heavy atom. The van der Waals surface area contributed by atoms with E-state index in [2.05, 4.69) is 23.7 Å². The van der Waals surface area contributed by atoms with Crippen molar-refractivity contribution >= 4 is 17.4 Å². The van der Waals surface area contributed by atoms with Gasteiger partial charge in [0, 0.05) is 25.1 Å². The first-order valence-corrected chi connectivity index (χ1v) is 7.92. The number of aromatic nitrogens is 2. The van der Waals surface area contributed by atoms with Crippen molar-refractivity contribution in [3.05, 3.63) is 17.0 Å². The Hall–Kier alpha value is -0.830. The second-order valence-corrected chi connectivity index (χ2v) is 5.71. The molecule has 1 atom stereocenters. The standard InChI is InChI=1S/C15H24ClN3/c1-3-8-14-17-13(16)11-15(18-14)19-10-7-5-6-9-12(19)4-2/h11-12H,3-10H2,1-2H3. The Balaban J connectivity index is 2.26. The van der Waals surface area contributed by atoms with Crippen LogP contribution in [-0.2, 0) is 6.42 Å². The normalized spacial score (nSPS) is 20.4. The molecule has 1 aliphatic rings. The van der Waals surface area contributed by atoms with Crippen LogP contribution in [0.4, 0.5) is 5.82 Å². The second-order valence-electron chi connectivity index (χ2n) is 5.32. The first-order valence-electron chi connectivity index (χ1n) is 7.54. The molecule has 3 nitrogen and oxygen atoms in total. The molecule has 4 heteroatoms. The van der Waals surface area contributed by atoms with Gasteiger partial charge in [-0.05, 0) is 25.7 Å². The molecule has 0 aromatic carbocycles. The van der Waals surface area contributed by atoms with E-state index in [0.29, 0.717) is 11.2 Å². The van der Waals surface area contributed by atoms with Gasteiger partial charge in [-0.2, -0.15) is 0 Å². The Bertz CT molecular complexity index is 408. The van der Waals surface area contributed by atoms with E-state index in [-0.39, 0.29) is 0 Å². The van der Waals surface area contributed by atoms with E-state index >= 15 is 0 Å². The van der Waals surface area contributed by atoms with Crippen molar-refractivity contribution in [1.82, 2.24) is 9.97 Å². The summed E-state index contributed by atoms with van der Waals surface area (Å²) >= 11 is 6.16. The molecule has 0 N–H and O–H groups in total. The van der Waals surface area contributed by atoms with Gasteiger partial charge in [-0.15, -0.1) is 0 Å². The fourth-order valence-electron chi connectivity index (χ4n) is 2.84. The summed E-state index contributed by atoms with van der Waals surface area (Å²) in [7, 11) is 0. The lowest BCUT2D eigenvalue weighted by Crippen LogP contribution is -2.35. The van der Waals surface area contributed by atoms with Gasteiger partial charge >= 0.3 is 0 Å². The van der Waals surface area contributed by atoms with Gasteiger partial charge in [0.05, 0.1) is 0 Å². The van der Waals surface area contributed by atoms with Crippen molar-refractivity contribution in [3.63, 3.8) is 0 Å². The maximum absolute atomic E-state index is 6.16. The Kier molecular flexibility index (Phi) is 5.44. The highest BCUT2D eigenvalue weighted by Crippen LogP contribution is 2.26. The molecule has 2 rings (SSSR count). The lowest BCUT2D eigenvalue weighted by molar-refractivity contribution is 0.551. The molecule has 0 saturated carbocycles. The zero-order valence-corrected chi connectivity index (χ0v) is 12.8. The zero-order chi connectivity index (χ0) is 13.7. The molecule has 1 saturated heterocycles. The monoisotopic (exact) mass is 281 g/mol. The average Bonchev–Trinajstić information content (AvgIpc) is 2.63. The van der Waals surface area contributed by atoms with Crippen LogP contribution in [0, 0.1) is 0 Å².